The number of rotatable bonds is 3. The molecule has 1 N–H and O–H groups in total. The van der Waals surface area contributed by atoms with Crippen molar-refractivity contribution in [1.29, 1.82) is 0 Å². The van der Waals surface area contributed by atoms with E-state index in [1.54, 1.807) is 0 Å². The standard InChI is InChI=1S/C12H25NOS/c1-10(2,3)9(14)12(7,8-15)13-11(4,5)6/h13,15H,8H2,1-7H3. The first kappa shape index (κ1) is 15.0. The van der Waals surface area contributed by atoms with E-state index in [0.717, 1.165) is 0 Å². The summed E-state index contributed by atoms with van der Waals surface area (Å²) in [6, 6.07) is 0. The van der Waals surface area contributed by atoms with Crippen LogP contribution in [-0.2, 0) is 4.79 Å². The summed E-state index contributed by atoms with van der Waals surface area (Å²) in [5.74, 6) is 0.723. The van der Waals surface area contributed by atoms with Gasteiger partial charge in [-0.15, -0.1) is 0 Å². The minimum atomic E-state index is -0.556. The van der Waals surface area contributed by atoms with Crippen molar-refractivity contribution < 1.29 is 4.79 Å². The second kappa shape index (κ2) is 4.46. The second-order valence-electron chi connectivity index (χ2n) is 6.44. The third kappa shape index (κ3) is 4.56. The van der Waals surface area contributed by atoms with Gasteiger partial charge in [0, 0.05) is 16.7 Å². The predicted octanol–water partition coefficient (Wildman–Crippen LogP) is 2.68. The number of ketones is 1. The van der Waals surface area contributed by atoms with E-state index in [2.05, 4.69) is 38.7 Å². The fourth-order valence-corrected chi connectivity index (χ4v) is 2.05. The van der Waals surface area contributed by atoms with E-state index in [1.165, 1.54) is 0 Å². The number of carbonyl (C=O) groups is 1. The van der Waals surface area contributed by atoms with Gasteiger partial charge in [0.2, 0.25) is 0 Å². The van der Waals surface area contributed by atoms with Gasteiger partial charge >= 0.3 is 0 Å². The maximum absolute atomic E-state index is 12.3. The topological polar surface area (TPSA) is 29.1 Å². The molecule has 0 saturated heterocycles. The zero-order chi connectivity index (χ0) is 12.5. The van der Waals surface area contributed by atoms with Crippen LogP contribution >= 0.6 is 12.6 Å². The van der Waals surface area contributed by atoms with E-state index in [9.17, 15) is 4.79 Å². The third-order valence-corrected chi connectivity index (χ3v) is 2.78. The first-order chi connectivity index (χ1) is 6.42. The molecule has 0 aliphatic heterocycles. The molecule has 0 heterocycles. The second-order valence-corrected chi connectivity index (χ2v) is 6.76. The highest BCUT2D eigenvalue weighted by Gasteiger charge is 2.40. The lowest BCUT2D eigenvalue weighted by Crippen LogP contribution is -2.61. The van der Waals surface area contributed by atoms with Crippen molar-refractivity contribution in [2.24, 2.45) is 5.41 Å². The van der Waals surface area contributed by atoms with Crippen LogP contribution in [0, 0.1) is 5.41 Å². The Hall–Kier alpha value is -0.0200. The molecule has 0 saturated carbocycles. The van der Waals surface area contributed by atoms with Crippen LogP contribution in [0.4, 0.5) is 0 Å². The smallest absolute Gasteiger partial charge is 0.158 e. The van der Waals surface area contributed by atoms with Crippen LogP contribution in [-0.4, -0.2) is 22.6 Å². The van der Waals surface area contributed by atoms with Crippen LogP contribution in [0.1, 0.15) is 48.5 Å². The molecule has 0 spiro atoms. The van der Waals surface area contributed by atoms with Gasteiger partial charge in [0.15, 0.2) is 5.78 Å². The number of nitrogens with one attached hydrogen (secondary N) is 1. The third-order valence-electron chi connectivity index (χ3n) is 2.15. The molecule has 1 atom stereocenters. The van der Waals surface area contributed by atoms with E-state index in [0.29, 0.717) is 5.75 Å². The molecule has 3 heteroatoms. The number of hydrogen-bond donors (Lipinski definition) is 2. The van der Waals surface area contributed by atoms with Crippen LogP contribution in [0.2, 0.25) is 0 Å². The Balaban J connectivity index is 4.95. The van der Waals surface area contributed by atoms with Crippen LogP contribution in [0.3, 0.4) is 0 Å². The van der Waals surface area contributed by atoms with Crippen molar-refractivity contribution >= 4 is 18.4 Å². The van der Waals surface area contributed by atoms with Gasteiger partial charge in [-0.1, -0.05) is 20.8 Å². The fraction of sp³-hybridized carbons (Fsp3) is 0.917. The van der Waals surface area contributed by atoms with Gasteiger partial charge in [-0.25, -0.2) is 0 Å². The van der Waals surface area contributed by atoms with Crippen LogP contribution in [0.5, 0.6) is 0 Å². The van der Waals surface area contributed by atoms with Crippen LogP contribution < -0.4 is 5.32 Å². The number of hydrogen-bond acceptors (Lipinski definition) is 3. The quantitative estimate of drug-likeness (QED) is 0.731. The molecule has 0 amide bonds. The molecule has 0 aliphatic carbocycles. The Bertz CT molecular complexity index is 237. The first-order valence-corrected chi connectivity index (χ1v) is 6.01. The molecule has 0 aromatic heterocycles. The molecule has 0 aromatic rings. The number of carbonyl (C=O) groups excluding carboxylic acids is 1. The lowest BCUT2D eigenvalue weighted by molar-refractivity contribution is -0.132. The monoisotopic (exact) mass is 231 g/mol. The van der Waals surface area contributed by atoms with Crippen molar-refractivity contribution in [3.8, 4) is 0 Å². The minimum Gasteiger partial charge on any atom is -0.300 e. The van der Waals surface area contributed by atoms with Gasteiger partial charge in [0.25, 0.3) is 0 Å². The van der Waals surface area contributed by atoms with Gasteiger partial charge < -0.3 is 0 Å². The Labute approximate surface area is 99.6 Å². The van der Waals surface area contributed by atoms with E-state index < -0.39 is 5.54 Å². The largest absolute Gasteiger partial charge is 0.300 e. The summed E-state index contributed by atoms with van der Waals surface area (Å²) in [7, 11) is 0. The molecule has 0 radical (unpaired) electrons. The van der Waals surface area contributed by atoms with Crippen molar-refractivity contribution in [3.05, 3.63) is 0 Å². The molecule has 0 bridgehead atoms. The summed E-state index contributed by atoms with van der Waals surface area (Å²) >= 11 is 4.30. The van der Waals surface area contributed by atoms with Crippen molar-refractivity contribution in [2.75, 3.05) is 5.75 Å². The van der Waals surface area contributed by atoms with Crippen molar-refractivity contribution in [2.45, 2.75) is 59.5 Å². The minimum absolute atomic E-state index is 0.0849. The Morgan fingerprint density at radius 2 is 1.47 bits per heavy atom. The lowest BCUT2D eigenvalue weighted by atomic mass is 9.79. The molecular formula is C12H25NOS. The van der Waals surface area contributed by atoms with Crippen LogP contribution in [0.25, 0.3) is 0 Å². The normalized spacial score (nSPS) is 17.3. The van der Waals surface area contributed by atoms with Gasteiger partial charge in [-0.05, 0) is 27.7 Å². The summed E-state index contributed by atoms with van der Waals surface area (Å²) in [6.45, 7) is 13.9. The Kier molecular flexibility index (Phi) is 4.45. The Morgan fingerprint density at radius 3 is 1.67 bits per heavy atom. The Morgan fingerprint density at radius 1 is 1.07 bits per heavy atom. The van der Waals surface area contributed by atoms with Gasteiger partial charge in [-0.2, -0.15) is 12.6 Å². The van der Waals surface area contributed by atoms with E-state index in [4.69, 9.17) is 0 Å². The SMILES string of the molecule is CC(C)(C)NC(C)(CS)C(=O)C(C)(C)C. The summed E-state index contributed by atoms with van der Waals surface area (Å²) < 4.78 is 0. The maximum atomic E-state index is 12.3. The molecule has 0 fully saturated rings. The lowest BCUT2D eigenvalue weighted by Gasteiger charge is -2.39. The molecule has 0 aromatic carbocycles. The molecule has 2 nitrogen and oxygen atoms in total. The highest BCUT2D eigenvalue weighted by molar-refractivity contribution is 7.80. The molecule has 90 valence electrons. The van der Waals surface area contributed by atoms with Crippen molar-refractivity contribution in [3.63, 3.8) is 0 Å². The number of thiol groups is 1. The van der Waals surface area contributed by atoms with E-state index >= 15 is 0 Å². The zero-order valence-electron chi connectivity index (χ0n) is 11.1. The highest BCUT2D eigenvalue weighted by Crippen LogP contribution is 2.25. The molecule has 15 heavy (non-hydrogen) atoms. The highest BCUT2D eigenvalue weighted by atomic mass is 32.1. The van der Waals surface area contributed by atoms with Gasteiger partial charge in [0.05, 0.1) is 5.54 Å². The van der Waals surface area contributed by atoms with E-state index in [1.807, 2.05) is 27.7 Å². The first-order valence-electron chi connectivity index (χ1n) is 5.37. The molecular weight excluding hydrogens is 206 g/mol. The molecule has 1 unspecified atom stereocenters. The summed E-state index contributed by atoms with van der Waals surface area (Å²) in [5.41, 5.74) is -0.978. The van der Waals surface area contributed by atoms with E-state index in [-0.39, 0.29) is 16.7 Å². The number of Topliss-reactive ketones (excluding diaryl/α,β-unsaturated/α-hetero) is 1. The summed E-state index contributed by atoms with van der Waals surface area (Å²) in [4.78, 5) is 12.3. The van der Waals surface area contributed by atoms with Crippen molar-refractivity contribution in [1.82, 2.24) is 5.32 Å². The summed E-state index contributed by atoms with van der Waals surface area (Å²) in [6.07, 6.45) is 0. The maximum Gasteiger partial charge on any atom is 0.158 e. The zero-order valence-corrected chi connectivity index (χ0v) is 12.0. The molecule has 0 aliphatic rings. The van der Waals surface area contributed by atoms with Gasteiger partial charge in [0.1, 0.15) is 0 Å². The summed E-state index contributed by atoms with van der Waals surface area (Å²) in [5, 5.41) is 3.36. The average molecular weight is 231 g/mol. The van der Waals surface area contributed by atoms with Crippen LogP contribution in [0.15, 0.2) is 0 Å². The van der Waals surface area contributed by atoms with Gasteiger partial charge in [-0.3, -0.25) is 10.1 Å². The molecule has 0 rings (SSSR count). The fourth-order valence-electron chi connectivity index (χ4n) is 1.82. The average Bonchev–Trinajstić information content (AvgIpc) is 1.98. The predicted molar refractivity (Wildman–Crippen MR) is 69.6 cm³/mol.